The Morgan fingerprint density at radius 2 is 1.86 bits per heavy atom. The van der Waals surface area contributed by atoms with Crippen LogP contribution in [0.2, 0.25) is 5.02 Å². The van der Waals surface area contributed by atoms with Crippen molar-refractivity contribution in [2.24, 2.45) is 0 Å². The van der Waals surface area contributed by atoms with Gasteiger partial charge in [-0.2, -0.15) is 0 Å². The highest BCUT2D eigenvalue weighted by molar-refractivity contribution is 6.67. The van der Waals surface area contributed by atoms with Crippen molar-refractivity contribution in [3.05, 3.63) is 34.3 Å². The minimum Gasteiger partial charge on any atom is -0.478 e. The number of carbonyl (C=O) groups is 1. The molecule has 0 spiro atoms. The van der Waals surface area contributed by atoms with Crippen LogP contribution in [0, 0.1) is 0 Å². The largest absolute Gasteiger partial charge is 0.478 e. The van der Waals surface area contributed by atoms with Gasteiger partial charge in [0.05, 0.1) is 5.56 Å². The zero-order chi connectivity index (χ0) is 10.9. The lowest BCUT2D eigenvalue weighted by Crippen LogP contribution is -2.10. The quantitative estimate of drug-likeness (QED) is 0.789. The topological polar surface area (TPSA) is 37.3 Å². The summed E-state index contributed by atoms with van der Waals surface area (Å²) in [5.41, 5.74) is -0.128. The molecule has 0 aliphatic carbocycles. The van der Waals surface area contributed by atoms with Gasteiger partial charge in [-0.05, 0) is 12.1 Å². The normalized spacial score (nSPS) is 11.4. The van der Waals surface area contributed by atoms with Crippen LogP contribution in [0.1, 0.15) is 15.9 Å². The second-order valence-electron chi connectivity index (χ2n) is 2.47. The van der Waals surface area contributed by atoms with E-state index in [1.807, 2.05) is 0 Å². The maximum atomic E-state index is 10.8. The summed E-state index contributed by atoms with van der Waals surface area (Å²) in [5.74, 6) is -1.19. The molecule has 0 heterocycles. The summed E-state index contributed by atoms with van der Waals surface area (Å²) >= 11 is 22.5. The predicted octanol–water partition coefficient (Wildman–Crippen LogP) is 3.86. The van der Waals surface area contributed by atoms with Crippen molar-refractivity contribution in [1.82, 2.24) is 0 Å². The third kappa shape index (κ3) is 2.45. The van der Waals surface area contributed by atoms with Crippen LogP contribution < -0.4 is 0 Å². The fourth-order valence-electron chi connectivity index (χ4n) is 0.990. The molecule has 0 aromatic heterocycles. The first-order chi connectivity index (χ1) is 6.34. The van der Waals surface area contributed by atoms with E-state index in [2.05, 4.69) is 0 Å². The summed E-state index contributed by atoms with van der Waals surface area (Å²) < 4.78 is -1.84. The molecular formula is C8H4Cl4O2. The van der Waals surface area contributed by atoms with Crippen LogP contribution in [0.15, 0.2) is 18.2 Å². The molecule has 1 rings (SSSR count). The van der Waals surface area contributed by atoms with Gasteiger partial charge in [0.1, 0.15) is 0 Å². The molecule has 0 amide bonds. The molecule has 0 saturated heterocycles. The van der Waals surface area contributed by atoms with Crippen molar-refractivity contribution >= 4 is 52.4 Å². The molecule has 0 aliphatic heterocycles. The van der Waals surface area contributed by atoms with Gasteiger partial charge in [-0.3, -0.25) is 0 Å². The van der Waals surface area contributed by atoms with Crippen LogP contribution in [0.5, 0.6) is 0 Å². The first-order valence-corrected chi connectivity index (χ1v) is 4.94. The van der Waals surface area contributed by atoms with Crippen molar-refractivity contribution in [2.75, 3.05) is 0 Å². The lowest BCUT2D eigenvalue weighted by atomic mass is 10.1. The molecule has 1 aromatic rings. The van der Waals surface area contributed by atoms with Crippen molar-refractivity contribution in [1.29, 1.82) is 0 Å². The molecule has 0 aliphatic rings. The molecule has 14 heavy (non-hydrogen) atoms. The number of hydrogen-bond donors (Lipinski definition) is 1. The summed E-state index contributed by atoms with van der Waals surface area (Å²) in [7, 11) is 0. The van der Waals surface area contributed by atoms with Gasteiger partial charge in [-0.15, -0.1) is 0 Å². The Kier molecular flexibility index (Phi) is 3.53. The van der Waals surface area contributed by atoms with Gasteiger partial charge < -0.3 is 5.11 Å². The summed E-state index contributed by atoms with van der Waals surface area (Å²) in [5, 5.41) is 8.93. The maximum Gasteiger partial charge on any atom is 0.336 e. The van der Waals surface area contributed by atoms with E-state index < -0.39 is 9.76 Å². The van der Waals surface area contributed by atoms with E-state index in [0.717, 1.165) is 0 Å². The number of aromatic carboxylic acids is 1. The van der Waals surface area contributed by atoms with Gasteiger partial charge >= 0.3 is 5.97 Å². The second-order valence-corrected chi connectivity index (χ2v) is 5.15. The zero-order valence-electron chi connectivity index (χ0n) is 6.60. The molecule has 0 bridgehead atoms. The predicted molar refractivity (Wildman–Crippen MR) is 57.6 cm³/mol. The van der Waals surface area contributed by atoms with Crippen LogP contribution in [-0.4, -0.2) is 11.1 Å². The van der Waals surface area contributed by atoms with Gasteiger partial charge in [0.2, 0.25) is 3.79 Å². The minimum absolute atomic E-state index is 0.0147. The molecule has 0 atom stereocenters. The van der Waals surface area contributed by atoms with Gasteiger partial charge in [-0.25, -0.2) is 4.79 Å². The van der Waals surface area contributed by atoms with Gasteiger partial charge in [-0.1, -0.05) is 52.5 Å². The van der Waals surface area contributed by atoms with E-state index in [4.69, 9.17) is 51.5 Å². The number of rotatable bonds is 1. The van der Waals surface area contributed by atoms with Gasteiger partial charge in [0.25, 0.3) is 0 Å². The smallest absolute Gasteiger partial charge is 0.336 e. The lowest BCUT2D eigenvalue weighted by Gasteiger charge is -2.15. The third-order valence-corrected chi connectivity index (χ3v) is 2.41. The molecule has 2 nitrogen and oxygen atoms in total. The fraction of sp³-hybridized carbons (Fsp3) is 0.125. The first-order valence-electron chi connectivity index (χ1n) is 3.43. The molecule has 0 saturated carbocycles. The highest BCUT2D eigenvalue weighted by Crippen LogP contribution is 2.43. The molecule has 6 heteroatoms. The van der Waals surface area contributed by atoms with Crippen LogP contribution >= 0.6 is 46.4 Å². The Balaban J connectivity index is 3.45. The zero-order valence-corrected chi connectivity index (χ0v) is 9.62. The van der Waals surface area contributed by atoms with E-state index >= 15 is 0 Å². The standard InChI is InChI=1S/C8H4Cl4O2/c9-5-3-1-2-4(7(13)14)6(5)8(10,11)12/h1-3H,(H,13,14). The average Bonchev–Trinajstić information content (AvgIpc) is 2.01. The molecule has 0 radical (unpaired) electrons. The van der Waals surface area contributed by atoms with E-state index in [1.54, 1.807) is 0 Å². The van der Waals surface area contributed by atoms with Crippen LogP contribution in [-0.2, 0) is 3.79 Å². The summed E-state index contributed by atoms with van der Waals surface area (Å²) in [6.45, 7) is 0. The van der Waals surface area contributed by atoms with E-state index in [0.29, 0.717) is 0 Å². The van der Waals surface area contributed by atoms with Gasteiger partial charge in [0, 0.05) is 10.6 Å². The minimum atomic E-state index is -1.84. The third-order valence-electron chi connectivity index (χ3n) is 1.53. The highest BCUT2D eigenvalue weighted by atomic mass is 35.6. The summed E-state index contributed by atoms with van der Waals surface area (Å²) in [6.07, 6.45) is 0. The monoisotopic (exact) mass is 272 g/mol. The van der Waals surface area contributed by atoms with E-state index in [-0.39, 0.29) is 16.1 Å². The number of hydrogen-bond acceptors (Lipinski definition) is 1. The second kappa shape index (κ2) is 4.15. The van der Waals surface area contributed by atoms with Crippen LogP contribution in [0.4, 0.5) is 0 Å². The van der Waals surface area contributed by atoms with Crippen LogP contribution in [0.3, 0.4) is 0 Å². The molecule has 0 unspecified atom stereocenters. The average molecular weight is 274 g/mol. The fourth-order valence-corrected chi connectivity index (χ4v) is 2.06. The van der Waals surface area contributed by atoms with Crippen molar-refractivity contribution in [2.45, 2.75) is 3.79 Å². The number of halogens is 4. The Morgan fingerprint density at radius 1 is 1.29 bits per heavy atom. The summed E-state index contributed by atoms with van der Waals surface area (Å²) in [6, 6.07) is 4.27. The SMILES string of the molecule is O=C(O)c1cccc(Cl)c1C(Cl)(Cl)Cl. The van der Waals surface area contributed by atoms with Crippen molar-refractivity contribution in [3.8, 4) is 0 Å². The van der Waals surface area contributed by atoms with Crippen molar-refractivity contribution < 1.29 is 9.90 Å². The molecule has 0 fully saturated rings. The van der Waals surface area contributed by atoms with E-state index in [9.17, 15) is 4.79 Å². The number of carboxylic acids is 1. The molecular weight excluding hydrogens is 270 g/mol. The Morgan fingerprint density at radius 3 is 2.21 bits per heavy atom. The Bertz CT molecular complexity index is 370. The number of carboxylic acid groups (broad SMARTS) is 1. The molecule has 1 N–H and O–H groups in total. The lowest BCUT2D eigenvalue weighted by molar-refractivity contribution is 0.0695. The van der Waals surface area contributed by atoms with Crippen LogP contribution in [0.25, 0.3) is 0 Å². The molecule has 1 aromatic carbocycles. The Labute approximate surface area is 100 Å². The first kappa shape index (κ1) is 11.9. The van der Waals surface area contributed by atoms with E-state index in [1.165, 1.54) is 18.2 Å². The summed E-state index contributed by atoms with van der Waals surface area (Å²) in [4.78, 5) is 10.8. The number of benzene rings is 1. The van der Waals surface area contributed by atoms with Gasteiger partial charge in [0.15, 0.2) is 0 Å². The molecule has 76 valence electrons. The Hall–Kier alpha value is -0.150. The van der Waals surface area contributed by atoms with Crippen molar-refractivity contribution in [3.63, 3.8) is 0 Å². The number of alkyl halides is 3. The maximum absolute atomic E-state index is 10.8. The highest BCUT2D eigenvalue weighted by Gasteiger charge is 2.31.